The van der Waals surface area contributed by atoms with E-state index in [-0.39, 0.29) is 5.92 Å². The molecule has 2 atom stereocenters. The number of carboxylic acid groups (broad SMARTS) is 1. The van der Waals surface area contributed by atoms with Crippen molar-refractivity contribution in [2.24, 2.45) is 11.3 Å². The summed E-state index contributed by atoms with van der Waals surface area (Å²) in [4.78, 5) is 29.7. The van der Waals surface area contributed by atoms with Gasteiger partial charge in [0.05, 0.1) is 5.69 Å². The van der Waals surface area contributed by atoms with Gasteiger partial charge in [0.1, 0.15) is 11.1 Å². The molecule has 0 spiro atoms. The van der Waals surface area contributed by atoms with Crippen LogP contribution in [0.1, 0.15) is 11.3 Å². The van der Waals surface area contributed by atoms with Gasteiger partial charge in [0.15, 0.2) is 0 Å². The Morgan fingerprint density at radius 1 is 1.21 bits per heavy atom. The van der Waals surface area contributed by atoms with Crippen LogP contribution >= 0.6 is 0 Å². The number of nitrogens with zero attached hydrogens (tertiary/aromatic N) is 6. The number of aliphatic carboxylic acids is 1. The Morgan fingerprint density at radius 2 is 2.04 bits per heavy atom. The lowest BCUT2D eigenvalue weighted by Gasteiger charge is -2.25. The van der Waals surface area contributed by atoms with Gasteiger partial charge in [-0.3, -0.25) is 9.69 Å². The van der Waals surface area contributed by atoms with E-state index >= 15 is 0 Å². The fourth-order valence-electron chi connectivity index (χ4n) is 4.66. The first-order valence-electron chi connectivity index (χ1n) is 9.45. The molecule has 8 nitrogen and oxygen atoms in total. The summed E-state index contributed by atoms with van der Waals surface area (Å²) in [7, 11) is 0. The zero-order chi connectivity index (χ0) is 19.3. The van der Waals surface area contributed by atoms with E-state index < -0.39 is 11.4 Å². The fourth-order valence-corrected chi connectivity index (χ4v) is 4.66. The molecule has 0 amide bonds. The van der Waals surface area contributed by atoms with Crippen molar-refractivity contribution in [3.63, 3.8) is 0 Å². The van der Waals surface area contributed by atoms with Crippen LogP contribution in [0.25, 0.3) is 5.65 Å². The highest BCUT2D eigenvalue weighted by molar-refractivity contribution is 5.78. The summed E-state index contributed by atoms with van der Waals surface area (Å²) in [5, 5.41) is 10.1. The van der Waals surface area contributed by atoms with E-state index in [4.69, 9.17) is 0 Å². The molecule has 0 radical (unpaired) electrons. The van der Waals surface area contributed by atoms with Gasteiger partial charge < -0.3 is 14.4 Å². The van der Waals surface area contributed by atoms with Crippen LogP contribution < -0.4 is 4.90 Å². The first-order valence-corrected chi connectivity index (χ1v) is 9.45. The molecule has 3 aromatic heterocycles. The average Bonchev–Trinajstić information content (AvgIpc) is 3.32. The number of imidazole rings is 1. The molecule has 0 unspecified atom stereocenters. The van der Waals surface area contributed by atoms with Gasteiger partial charge in [0, 0.05) is 63.4 Å². The van der Waals surface area contributed by atoms with Gasteiger partial charge in [-0.2, -0.15) is 0 Å². The number of hydrogen-bond donors (Lipinski definition) is 1. The van der Waals surface area contributed by atoms with E-state index in [2.05, 4.69) is 33.0 Å². The van der Waals surface area contributed by atoms with Crippen LogP contribution in [-0.2, 0) is 11.3 Å². The lowest BCUT2D eigenvalue weighted by Crippen LogP contribution is -2.41. The van der Waals surface area contributed by atoms with Crippen molar-refractivity contribution in [1.82, 2.24) is 24.3 Å². The molecular formula is C20H22N6O2. The summed E-state index contributed by atoms with van der Waals surface area (Å²) < 4.78 is 2.03. The van der Waals surface area contributed by atoms with Crippen LogP contribution in [0, 0.1) is 18.3 Å². The van der Waals surface area contributed by atoms with E-state index in [0.29, 0.717) is 32.1 Å². The summed E-state index contributed by atoms with van der Waals surface area (Å²) in [5.41, 5.74) is 2.28. The Morgan fingerprint density at radius 3 is 2.79 bits per heavy atom. The lowest BCUT2D eigenvalue weighted by molar-refractivity contribution is -0.148. The van der Waals surface area contributed by atoms with Gasteiger partial charge in [0.2, 0.25) is 5.95 Å². The highest BCUT2D eigenvalue weighted by Crippen LogP contribution is 2.44. The Labute approximate surface area is 162 Å². The maximum atomic E-state index is 12.2. The lowest BCUT2D eigenvalue weighted by atomic mass is 9.81. The predicted octanol–water partition coefficient (Wildman–Crippen LogP) is 1.46. The van der Waals surface area contributed by atoms with E-state index in [1.807, 2.05) is 27.6 Å². The minimum absolute atomic E-state index is 0.0491. The van der Waals surface area contributed by atoms with Crippen LogP contribution in [0.3, 0.4) is 0 Å². The van der Waals surface area contributed by atoms with Gasteiger partial charge >= 0.3 is 5.97 Å². The molecule has 2 aliphatic heterocycles. The van der Waals surface area contributed by atoms with E-state index in [9.17, 15) is 9.90 Å². The number of carbonyl (C=O) groups is 1. The number of aromatic nitrogens is 4. The maximum absolute atomic E-state index is 12.2. The first kappa shape index (κ1) is 17.1. The largest absolute Gasteiger partial charge is 0.481 e. The molecule has 0 bridgehead atoms. The number of aryl methyl sites for hydroxylation is 1. The van der Waals surface area contributed by atoms with Crippen LogP contribution in [0.15, 0.2) is 43.0 Å². The van der Waals surface area contributed by atoms with E-state index in [0.717, 1.165) is 17.9 Å². The molecule has 0 aromatic carbocycles. The van der Waals surface area contributed by atoms with Crippen LogP contribution in [0.5, 0.6) is 0 Å². The van der Waals surface area contributed by atoms with Crippen molar-refractivity contribution in [2.75, 3.05) is 31.1 Å². The number of carboxylic acids is 1. The predicted molar refractivity (Wildman–Crippen MR) is 103 cm³/mol. The highest BCUT2D eigenvalue weighted by Gasteiger charge is 2.58. The topological polar surface area (TPSA) is 86.9 Å². The van der Waals surface area contributed by atoms with Gasteiger partial charge in [-0.05, 0) is 24.6 Å². The second-order valence-corrected chi connectivity index (χ2v) is 7.96. The minimum atomic E-state index is -0.783. The molecule has 3 aromatic rings. The summed E-state index contributed by atoms with van der Waals surface area (Å²) in [6.07, 6.45) is 7.48. The molecule has 2 saturated heterocycles. The molecule has 5 rings (SSSR count). The molecule has 0 saturated carbocycles. The molecule has 2 aliphatic rings. The third-order valence-electron chi connectivity index (χ3n) is 5.97. The number of rotatable bonds is 4. The van der Waals surface area contributed by atoms with Gasteiger partial charge in [-0.15, -0.1) is 0 Å². The van der Waals surface area contributed by atoms with Crippen LogP contribution in [0.4, 0.5) is 5.95 Å². The molecule has 5 heterocycles. The molecular weight excluding hydrogens is 356 g/mol. The zero-order valence-corrected chi connectivity index (χ0v) is 15.7. The maximum Gasteiger partial charge on any atom is 0.313 e. The van der Waals surface area contributed by atoms with Crippen LogP contribution in [0.2, 0.25) is 0 Å². The Hall–Kier alpha value is -3.00. The van der Waals surface area contributed by atoms with Crippen molar-refractivity contribution in [2.45, 2.75) is 13.5 Å². The number of pyridine rings is 1. The Kier molecular flexibility index (Phi) is 3.83. The molecule has 8 heteroatoms. The third-order valence-corrected chi connectivity index (χ3v) is 5.97. The highest BCUT2D eigenvalue weighted by atomic mass is 16.4. The molecule has 1 N–H and O–H groups in total. The summed E-state index contributed by atoms with van der Waals surface area (Å²) in [6.45, 7) is 5.08. The quantitative estimate of drug-likeness (QED) is 0.735. The van der Waals surface area contributed by atoms with Crippen molar-refractivity contribution in [3.8, 4) is 0 Å². The van der Waals surface area contributed by atoms with Crippen molar-refractivity contribution < 1.29 is 9.90 Å². The molecule has 0 aliphatic carbocycles. The summed E-state index contributed by atoms with van der Waals surface area (Å²) >= 11 is 0. The van der Waals surface area contributed by atoms with Gasteiger partial charge in [-0.1, -0.05) is 6.07 Å². The number of anilines is 1. The van der Waals surface area contributed by atoms with Crippen molar-refractivity contribution >= 4 is 17.6 Å². The third kappa shape index (κ3) is 2.72. The Balaban J connectivity index is 1.35. The Bertz CT molecular complexity index is 1040. The zero-order valence-electron chi connectivity index (χ0n) is 15.7. The number of fused-ring (bicyclic) bond motifs is 2. The normalized spacial score (nSPS) is 24.8. The second kappa shape index (κ2) is 6.27. The average molecular weight is 378 g/mol. The fraction of sp³-hybridized carbons (Fsp3) is 0.400. The number of hydrogen-bond acceptors (Lipinski definition) is 6. The van der Waals surface area contributed by atoms with Crippen molar-refractivity contribution in [1.29, 1.82) is 0 Å². The summed E-state index contributed by atoms with van der Waals surface area (Å²) in [5.74, 6) is -0.0723. The van der Waals surface area contributed by atoms with E-state index in [1.54, 1.807) is 18.5 Å². The van der Waals surface area contributed by atoms with Crippen molar-refractivity contribution in [3.05, 3.63) is 54.2 Å². The molecule has 28 heavy (non-hydrogen) atoms. The minimum Gasteiger partial charge on any atom is -0.481 e. The molecule has 2 fully saturated rings. The number of likely N-dealkylation sites (tertiary alicyclic amines) is 1. The summed E-state index contributed by atoms with van der Waals surface area (Å²) in [6, 6.07) is 5.82. The van der Waals surface area contributed by atoms with Gasteiger partial charge in [0.25, 0.3) is 0 Å². The van der Waals surface area contributed by atoms with E-state index in [1.165, 1.54) is 5.56 Å². The first-order chi connectivity index (χ1) is 13.5. The molecule has 144 valence electrons. The smallest absolute Gasteiger partial charge is 0.313 e. The standard InChI is InChI=1S/C20H22N6O2/c1-14-3-4-17-23-16(11-25(17)7-14)10-24-8-15-9-26(19-21-5-2-6-22-19)13-20(15,12-24)18(27)28/h2-7,11,15H,8-10,12-13H2,1H3,(H,27,28)/t15-,20-/m1/s1. The van der Waals surface area contributed by atoms with Crippen LogP contribution in [-0.4, -0.2) is 61.5 Å². The van der Waals surface area contributed by atoms with Gasteiger partial charge in [-0.25, -0.2) is 15.0 Å². The second-order valence-electron chi connectivity index (χ2n) is 7.96. The SMILES string of the molecule is Cc1ccc2nc(CN3C[C@@H]4CN(c5ncccn5)C[C@]4(C(=O)O)C3)cn2c1. The monoisotopic (exact) mass is 378 g/mol.